The van der Waals surface area contributed by atoms with Gasteiger partial charge in [-0.15, -0.1) is 11.3 Å². The van der Waals surface area contributed by atoms with Crippen LogP contribution in [0.2, 0.25) is 0 Å². The second-order valence-electron chi connectivity index (χ2n) is 9.25. The van der Waals surface area contributed by atoms with Crippen molar-refractivity contribution in [1.29, 1.82) is 0 Å². The van der Waals surface area contributed by atoms with Crippen LogP contribution >= 0.6 is 11.3 Å². The van der Waals surface area contributed by atoms with Gasteiger partial charge in [0.2, 0.25) is 0 Å². The van der Waals surface area contributed by atoms with Gasteiger partial charge in [0.25, 0.3) is 0 Å². The summed E-state index contributed by atoms with van der Waals surface area (Å²) in [6, 6.07) is 33.8. The highest BCUT2D eigenvalue weighted by Gasteiger charge is 2.21. The second-order valence-corrected chi connectivity index (χ2v) is 10.3. The minimum absolute atomic E-state index is 1.11. The van der Waals surface area contributed by atoms with Crippen molar-refractivity contribution < 1.29 is 0 Å². The third-order valence-electron chi connectivity index (χ3n) is 7.41. The summed E-state index contributed by atoms with van der Waals surface area (Å²) < 4.78 is 5.25. The quantitative estimate of drug-likeness (QED) is 0.234. The van der Waals surface area contributed by atoms with E-state index in [1.54, 1.807) is 0 Å². The first-order valence-electron chi connectivity index (χ1n) is 11.9. The molecule has 0 bridgehead atoms. The van der Waals surface area contributed by atoms with Crippen LogP contribution in [0.4, 0.5) is 0 Å². The molecular formula is C32H21NS. The second kappa shape index (κ2) is 6.82. The van der Waals surface area contributed by atoms with Crippen molar-refractivity contribution >= 4 is 70.2 Å². The van der Waals surface area contributed by atoms with Crippen LogP contribution in [0.25, 0.3) is 64.5 Å². The lowest BCUT2D eigenvalue weighted by Gasteiger charge is -2.15. The van der Waals surface area contributed by atoms with Crippen LogP contribution in [0.15, 0.2) is 97.1 Å². The monoisotopic (exact) mass is 451 g/mol. The average Bonchev–Trinajstić information content (AvgIpc) is 3.45. The van der Waals surface area contributed by atoms with Crippen LogP contribution in [0.1, 0.15) is 17.5 Å². The molecule has 0 atom stereocenters. The molecule has 2 heteroatoms. The fraction of sp³-hybridized carbons (Fsp3) is 0.0625. The van der Waals surface area contributed by atoms with E-state index in [9.17, 15) is 0 Å². The van der Waals surface area contributed by atoms with Crippen LogP contribution in [0.5, 0.6) is 0 Å². The molecule has 8 rings (SSSR count). The van der Waals surface area contributed by atoms with Gasteiger partial charge in [-0.05, 0) is 59.0 Å². The van der Waals surface area contributed by atoms with Crippen LogP contribution in [-0.4, -0.2) is 4.57 Å². The smallest absolute Gasteiger partial charge is 0.0726 e. The Morgan fingerprint density at radius 1 is 0.676 bits per heavy atom. The summed E-state index contributed by atoms with van der Waals surface area (Å²) in [4.78, 5) is 0. The number of hydrogen-bond donors (Lipinski definition) is 0. The number of benzene rings is 5. The van der Waals surface area contributed by atoms with Gasteiger partial charge in [0.1, 0.15) is 0 Å². The molecule has 0 spiro atoms. The topological polar surface area (TPSA) is 4.93 Å². The predicted octanol–water partition coefficient (Wildman–Crippen LogP) is 9.26. The van der Waals surface area contributed by atoms with Gasteiger partial charge in [-0.1, -0.05) is 78.9 Å². The maximum atomic E-state index is 2.52. The van der Waals surface area contributed by atoms with Crippen LogP contribution < -0.4 is 0 Å². The Morgan fingerprint density at radius 3 is 2.29 bits per heavy atom. The number of fused-ring (bicyclic) bond motifs is 11. The molecule has 34 heavy (non-hydrogen) atoms. The maximum absolute atomic E-state index is 2.52. The molecule has 0 fully saturated rings. The van der Waals surface area contributed by atoms with Crippen molar-refractivity contribution in [3.05, 3.63) is 108 Å². The number of para-hydroxylation sites is 1. The number of thiophene rings is 1. The van der Waals surface area contributed by atoms with Crippen molar-refractivity contribution in [3.8, 4) is 5.69 Å². The van der Waals surface area contributed by atoms with E-state index in [1.807, 2.05) is 11.3 Å². The Balaban J connectivity index is 1.66. The molecule has 0 aliphatic heterocycles. The predicted molar refractivity (Wildman–Crippen MR) is 149 cm³/mol. The Bertz CT molecular complexity index is 1960. The summed E-state index contributed by atoms with van der Waals surface area (Å²) in [5.41, 5.74) is 6.67. The lowest BCUT2D eigenvalue weighted by atomic mass is 9.97. The van der Waals surface area contributed by atoms with Gasteiger partial charge in [-0.3, -0.25) is 0 Å². The lowest BCUT2D eigenvalue weighted by Crippen LogP contribution is -1.99. The highest BCUT2D eigenvalue weighted by atomic mass is 32.1. The van der Waals surface area contributed by atoms with E-state index in [2.05, 4.69) is 108 Å². The molecule has 2 heterocycles. The minimum Gasteiger partial charge on any atom is -0.308 e. The Labute approximate surface area is 201 Å². The van der Waals surface area contributed by atoms with Crippen molar-refractivity contribution in [2.75, 3.05) is 0 Å². The Morgan fingerprint density at radius 2 is 1.41 bits per heavy atom. The molecule has 1 nitrogen and oxygen atoms in total. The van der Waals surface area contributed by atoms with Gasteiger partial charge in [0.15, 0.2) is 0 Å². The molecule has 7 aromatic rings. The maximum Gasteiger partial charge on any atom is 0.0726 e. The van der Waals surface area contributed by atoms with Crippen LogP contribution in [0, 0.1) is 0 Å². The standard InChI is InChI=1S/C32H21NS/c1-2-10-21-19-22(18-17-20(21)9-1)33-27-15-7-5-13-25(27)29-23-11-3-4-12-24(23)30-26-14-6-8-16-28(26)34-32(30)31(29)33/h1,3-9,11-19H,2,10H2. The first kappa shape index (κ1) is 18.5. The highest BCUT2D eigenvalue weighted by Crippen LogP contribution is 2.47. The Hall–Kier alpha value is -3.88. The van der Waals surface area contributed by atoms with E-state index in [-0.39, 0.29) is 0 Å². The molecule has 0 radical (unpaired) electrons. The molecule has 160 valence electrons. The van der Waals surface area contributed by atoms with E-state index in [1.165, 1.54) is 69.6 Å². The summed E-state index contributed by atoms with van der Waals surface area (Å²) >= 11 is 1.93. The average molecular weight is 452 g/mol. The first-order valence-corrected chi connectivity index (χ1v) is 12.7. The number of rotatable bonds is 1. The molecule has 2 aromatic heterocycles. The molecule has 0 N–H and O–H groups in total. The fourth-order valence-corrected chi connectivity index (χ4v) is 7.21. The van der Waals surface area contributed by atoms with E-state index in [0.29, 0.717) is 0 Å². The molecule has 0 unspecified atom stereocenters. The zero-order chi connectivity index (χ0) is 22.2. The zero-order valence-electron chi connectivity index (χ0n) is 18.6. The van der Waals surface area contributed by atoms with E-state index in [0.717, 1.165) is 12.8 Å². The fourth-order valence-electron chi connectivity index (χ4n) is 5.95. The molecule has 5 aromatic carbocycles. The molecule has 0 saturated carbocycles. The van der Waals surface area contributed by atoms with Crippen molar-refractivity contribution in [1.82, 2.24) is 4.57 Å². The number of aryl methyl sites for hydroxylation is 1. The number of hydrogen-bond acceptors (Lipinski definition) is 1. The molecule has 1 aliphatic carbocycles. The minimum atomic E-state index is 1.11. The molecule has 0 amide bonds. The summed E-state index contributed by atoms with van der Waals surface area (Å²) in [6.07, 6.45) is 6.79. The summed E-state index contributed by atoms with van der Waals surface area (Å²) in [5, 5.41) is 8.11. The molecule has 1 aliphatic rings. The number of allylic oxidation sites excluding steroid dienone is 1. The van der Waals surface area contributed by atoms with Crippen LogP contribution in [0.3, 0.4) is 0 Å². The third kappa shape index (κ3) is 2.39. The summed E-state index contributed by atoms with van der Waals surface area (Å²) in [6.45, 7) is 0. The van der Waals surface area contributed by atoms with E-state index < -0.39 is 0 Å². The van der Waals surface area contributed by atoms with Gasteiger partial charge >= 0.3 is 0 Å². The number of nitrogens with zero attached hydrogens (tertiary/aromatic N) is 1. The molecule has 0 saturated heterocycles. The van der Waals surface area contributed by atoms with Gasteiger partial charge in [-0.2, -0.15) is 0 Å². The lowest BCUT2D eigenvalue weighted by molar-refractivity contribution is 0.980. The highest BCUT2D eigenvalue weighted by molar-refractivity contribution is 7.27. The largest absolute Gasteiger partial charge is 0.308 e. The molecular weight excluding hydrogens is 430 g/mol. The first-order chi connectivity index (χ1) is 16.9. The van der Waals surface area contributed by atoms with Gasteiger partial charge in [0.05, 0.1) is 15.7 Å². The number of aromatic nitrogens is 1. The van der Waals surface area contributed by atoms with Crippen molar-refractivity contribution in [2.24, 2.45) is 0 Å². The SMILES string of the molecule is C1=Cc2ccc(-n3c4ccccc4c4c5ccccc5c5c6ccccc6sc5c43)cc2CC1. The Kier molecular flexibility index (Phi) is 3.72. The van der Waals surface area contributed by atoms with Crippen molar-refractivity contribution in [3.63, 3.8) is 0 Å². The van der Waals surface area contributed by atoms with Gasteiger partial charge in [-0.25, -0.2) is 0 Å². The van der Waals surface area contributed by atoms with Gasteiger partial charge in [0, 0.05) is 31.9 Å². The van der Waals surface area contributed by atoms with Gasteiger partial charge < -0.3 is 4.57 Å². The third-order valence-corrected chi connectivity index (χ3v) is 8.59. The zero-order valence-corrected chi connectivity index (χ0v) is 19.4. The van der Waals surface area contributed by atoms with Crippen molar-refractivity contribution in [2.45, 2.75) is 12.8 Å². The van der Waals surface area contributed by atoms with Crippen LogP contribution in [-0.2, 0) is 6.42 Å². The summed E-state index contributed by atoms with van der Waals surface area (Å²) in [5.74, 6) is 0. The summed E-state index contributed by atoms with van der Waals surface area (Å²) in [7, 11) is 0. The van der Waals surface area contributed by atoms with E-state index >= 15 is 0 Å². The normalized spacial score (nSPS) is 13.5. The van der Waals surface area contributed by atoms with E-state index in [4.69, 9.17) is 0 Å².